The summed E-state index contributed by atoms with van der Waals surface area (Å²) in [6.45, 7) is 6.83. The van der Waals surface area contributed by atoms with Crippen molar-refractivity contribution in [1.82, 2.24) is 10.3 Å². The predicted molar refractivity (Wildman–Crippen MR) is 76.0 cm³/mol. The summed E-state index contributed by atoms with van der Waals surface area (Å²) in [5.41, 5.74) is 6.58. The van der Waals surface area contributed by atoms with Gasteiger partial charge in [0.05, 0.1) is 19.0 Å². The molecule has 0 saturated carbocycles. The predicted octanol–water partition coefficient (Wildman–Crippen LogP) is 0.588. The quantitative estimate of drug-likeness (QED) is 0.339. The molecule has 5 nitrogen and oxygen atoms in total. The molecule has 0 aliphatic carbocycles. The molecule has 17 heavy (non-hydrogen) atoms. The van der Waals surface area contributed by atoms with Gasteiger partial charge < -0.3 is 20.8 Å². The molecule has 0 bridgehead atoms. The Morgan fingerprint density at radius 1 is 1.59 bits per heavy atom. The van der Waals surface area contributed by atoms with Gasteiger partial charge in [-0.15, -0.1) is 9.24 Å². The average molecular weight is 262 g/mol. The first kappa shape index (κ1) is 16.6. The minimum absolute atomic E-state index is 0.0479. The fourth-order valence-electron chi connectivity index (χ4n) is 1.40. The maximum absolute atomic E-state index is 5.90. The first-order valence-corrected chi connectivity index (χ1v) is 6.60. The smallest absolute Gasteiger partial charge is 0.0606 e. The van der Waals surface area contributed by atoms with Crippen LogP contribution in [0, 0.1) is 0 Å². The molecule has 102 valence electrons. The average Bonchev–Trinajstić information content (AvgIpc) is 2.16. The SMILES string of the molecule is CNC(C)(C)CN(N)/C=C(\N)CC(C)OCP. The van der Waals surface area contributed by atoms with Crippen molar-refractivity contribution >= 4 is 9.24 Å². The lowest BCUT2D eigenvalue weighted by Gasteiger charge is -2.29. The second-order valence-electron chi connectivity index (χ2n) is 4.86. The molecule has 0 spiro atoms. The summed E-state index contributed by atoms with van der Waals surface area (Å²) in [6.07, 6.45) is 3.17. The first-order valence-electron chi connectivity index (χ1n) is 5.79. The second-order valence-corrected chi connectivity index (χ2v) is 5.19. The van der Waals surface area contributed by atoms with E-state index in [-0.39, 0.29) is 11.6 Å². The largest absolute Gasteiger partial charge is 0.401 e. The summed E-state index contributed by atoms with van der Waals surface area (Å²) < 4.78 is 5.39. The highest BCUT2D eigenvalue weighted by molar-refractivity contribution is 7.16. The van der Waals surface area contributed by atoms with E-state index in [9.17, 15) is 0 Å². The molecule has 0 rings (SSSR count). The van der Waals surface area contributed by atoms with Crippen molar-refractivity contribution in [3.8, 4) is 0 Å². The fraction of sp³-hybridized carbons (Fsp3) is 0.818. The Hall–Kier alpha value is -0.350. The number of likely N-dealkylation sites (N-methyl/N-ethyl adjacent to an activating group) is 1. The maximum atomic E-state index is 5.90. The molecule has 0 saturated heterocycles. The zero-order valence-electron chi connectivity index (χ0n) is 11.4. The molecule has 0 aromatic rings. The Morgan fingerprint density at radius 3 is 2.65 bits per heavy atom. The zero-order chi connectivity index (χ0) is 13.5. The van der Waals surface area contributed by atoms with E-state index >= 15 is 0 Å². The highest BCUT2D eigenvalue weighted by atomic mass is 31.0. The molecule has 0 fully saturated rings. The molecule has 6 heteroatoms. The van der Waals surface area contributed by atoms with Crippen molar-refractivity contribution in [3.05, 3.63) is 11.9 Å². The lowest BCUT2D eigenvalue weighted by molar-refractivity contribution is 0.104. The Bertz CT molecular complexity index is 246. The fourth-order valence-corrected chi connectivity index (χ4v) is 1.73. The van der Waals surface area contributed by atoms with E-state index in [0.29, 0.717) is 19.3 Å². The van der Waals surface area contributed by atoms with Gasteiger partial charge in [-0.05, 0) is 27.8 Å². The van der Waals surface area contributed by atoms with Crippen LogP contribution < -0.4 is 16.9 Å². The van der Waals surface area contributed by atoms with Crippen LogP contribution in [0.5, 0.6) is 0 Å². The van der Waals surface area contributed by atoms with E-state index in [2.05, 4.69) is 28.4 Å². The number of nitrogens with zero attached hydrogens (tertiary/aromatic N) is 1. The number of ether oxygens (including phenoxy) is 1. The van der Waals surface area contributed by atoms with Gasteiger partial charge in [-0.1, -0.05) is 0 Å². The third kappa shape index (κ3) is 8.38. The van der Waals surface area contributed by atoms with Crippen molar-refractivity contribution in [1.29, 1.82) is 0 Å². The lowest BCUT2D eigenvalue weighted by Crippen LogP contribution is -2.48. The lowest BCUT2D eigenvalue weighted by atomic mass is 10.1. The third-order valence-electron chi connectivity index (χ3n) is 2.49. The molecular formula is C11H27N4OP. The molecule has 0 radical (unpaired) electrons. The van der Waals surface area contributed by atoms with Gasteiger partial charge in [0.15, 0.2) is 0 Å². The van der Waals surface area contributed by atoms with Gasteiger partial charge in [0.25, 0.3) is 0 Å². The molecule has 0 aliphatic heterocycles. The Balaban J connectivity index is 4.19. The van der Waals surface area contributed by atoms with Gasteiger partial charge >= 0.3 is 0 Å². The van der Waals surface area contributed by atoms with E-state index < -0.39 is 0 Å². The van der Waals surface area contributed by atoms with Crippen molar-refractivity contribution < 1.29 is 4.74 Å². The van der Waals surface area contributed by atoms with E-state index in [1.807, 2.05) is 14.0 Å². The summed E-state index contributed by atoms with van der Waals surface area (Å²) >= 11 is 0. The van der Waals surface area contributed by atoms with Crippen LogP contribution in [-0.4, -0.2) is 36.6 Å². The monoisotopic (exact) mass is 262 g/mol. The molecule has 2 unspecified atom stereocenters. The van der Waals surface area contributed by atoms with Crippen LogP contribution in [-0.2, 0) is 4.74 Å². The zero-order valence-corrected chi connectivity index (χ0v) is 12.5. The van der Waals surface area contributed by atoms with Crippen LogP contribution in [0.1, 0.15) is 27.2 Å². The van der Waals surface area contributed by atoms with E-state index in [1.165, 1.54) is 0 Å². The highest BCUT2D eigenvalue weighted by Gasteiger charge is 2.16. The van der Waals surface area contributed by atoms with Crippen molar-refractivity contribution in [2.75, 3.05) is 19.9 Å². The standard InChI is InChI=1S/C11H27N4OP/c1-9(16-8-17)5-10(12)6-15(13)7-11(2,3)14-4/h6,9,14H,5,7-8,12-13,17H2,1-4H3/b10-6-. The normalized spacial score (nSPS) is 14.8. The molecule has 5 N–H and O–H groups in total. The topological polar surface area (TPSA) is 76.5 Å². The van der Waals surface area contributed by atoms with E-state index in [0.717, 1.165) is 5.70 Å². The molecule has 0 amide bonds. The number of hydrogen-bond donors (Lipinski definition) is 3. The first-order chi connectivity index (χ1) is 7.80. The third-order valence-corrected chi connectivity index (χ3v) is 2.68. The Morgan fingerprint density at radius 2 is 2.18 bits per heavy atom. The van der Waals surface area contributed by atoms with Crippen LogP contribution >= 0.6 is 9.24 Å². The molecule has 0 heterocycles. The molecular weight excluding hydrogens is 235 g/mol. The maximum Gasteiger partial charge on any atom is 0.0606 e. The van der Waals surface area contributed by atoms with Gasteiger partial charge in [-0.2, -0.15) is 0 Å². The van der Waals surface area contributed by atoms with E-state index in [4.69, 9.17) is 16.3 Å². The number of nitrogens with two attached hydrogens (primary N) is 2. The number of rotatable bonds is 8. The molecule has 2 atom stereocenters. The van der Waals surface area contributed by atoms with Crippen LogP contribution in [0.3, 0.4) is 0 Å². The summed E-state index contributed by atoms with van der Waals surface area (Å²) in [7, 11) is 4.44. The van der Waals surface area contributed by atoms with Crippen LogP contribution in [0.4, 0.5) is 0 Å². The molecule has 0 aliphatic rings. The van der Waals surface area contributed by atoms with Crippen molar-refractivity contribution in [2.45, 2.75) is 38.8 Å². The van der Waals surface area contributed by atoms with Crippen LogP contribution in [0.2, 0.25) is 0 Å². The molecule has 0 aromatic carbocycles. The summed E-state index contributed by atoms with van der Waals surface area (Å²) in [4.78, 5) is 0. The van der Waals surface area contributed by atoms with Crippen molar-refractivity contribution in [2.24, 2.45) is 11.6 Å². The van der Waals surface area contributed by atoms with Crippen LogP contribution in [0.25, 0.3) is 0 Å². The van der Waals surface area contributed by atoms with E-state index in [1.54, 1.807) is 11.2 Å². The number of hydrogen-bond acceptors (Lipinski definition) is 5. The van der Waals surface area contributed by atoms with Gasteiger partial charge in [-0.25, -0.2) is 5.84 Å². The molecule has 0 aromatic heterocycles. The van der Waals surface area contributed by atoms with Gasteiger partial charge in [-0.3, -0.25) is 0 Å². The minimum atomic E-state index is -0.0479. The number of nitrogens with one attached hydrogen (secondary N) is 1. The van der Waals surface area contributed by atoms with Gasteiger partial charge in [0.1, 0.15) is 0 Å². The summed E-state index contributed by atoms with van der Waals surface area (Å²) in [5.74, 6) is 5.88. The van der Waals surface area contributed by atoms with Crippen LogP contribution in [0.15, 0.2) is 11.9 Å². The van der Waals surface area contributed by atoms with Gasteiger partial charge in [0.2, 0.25) is 0 Å². The van der Waals surface area contributed by atoms with Crippen molar-refractivity contribution in [3.63, 3.8) is 0 Å². The second kappa shape index (κ2) is 7.88. The van der Waals surface area contributed by atoms with Gasteiger partial charge in [0, 0.05) is 23.9 Å². The Kier molecular flexibility index (Phi) is 7.71. The minimum Gasteiger partial charge on any atom is -0.401 e. The number of hydrazine groups is 1. The highest BCUT2D eigenvalue weighted by Crippen LogP contribution is 2.07. The summed E-state index contributed by atoms with van der Waals surface area (Å²) in [5, 5.41) is 4.80. The Labute approximate surface area is 107 Å². The summed E-state index contributed by atoms with van der Waals surface area (Å²) in [6, 6.07) is 0.